The van der Waals surface area contributed by atoms with E-state index in [1.807, 2.05) is 23.6 Å². The van der Waals surface area contributed by atoms with Gasteiger partial charge in [0.05, 0.1) is 6.20 Å². The van der Waals surface area contributed by atoms with Crippen LogP contribution < -0.4 is 9.80 Å². The Bertz CT molecular complexity index is 775. The van der Waals surface area contributed by atoms with Gasteiger partial charge in [-0.3, -0.25) is 0 Å². The Kier molecular flexibility index (Phi) is 3.10. The topological polar surface area (TPSA) is 62.5 Å². The first-order valence-electron chi connectivity index (χ1n) is 7.39. The highest BCUT2D eigenvalue weighted by Crippen LogP contribution is 2.19. The monoisotopic (exact) mass is 295 g/mol. The van der Waals surface area contributed by atoms with E-state index in [1.165, 1.54) is 0 Å². The van der Waals surface area contributed by atoms with Crippen molar-refractivity contribution < 1.29 is 0 Å². The molecule has 0 N–H and O–H groups in total. The van der Waals surface area contributed by atoms with Gasteiger partial charge in [-0.15, -0.1) is 0 Å². The Morgan fingerprint density at radius 1 is 0.955 bits per heavy atom. The summed E-state index contributed by atoms with van der Waals surface area (Å²) < 4.78 is 1.90. The van der Waals surface area contributed by atoms with Crippen LogP contribution in [0.3, 0.4) is 0 Å². The fourth-order valence-electron chi connectivity index (χ4n) is 2.83. The third-order valence-electron chi connectivity index (χ3n) is 3.91. The summed E-state index contributed by atoms with van der Waals surface area (Å²) in [5.74, 6) is 1.90. The molecule has 0 radical (unpaired) electrons. The number of rotatable bonds is 2. The van der Waals surface area contributed by atoms with Crippen LogP contribution >= 0.6 is 0 Å². The van der Waals surface area contributed by atoms with Crippen LogP contribution in [0.5, 0.6) is 0 Å². The summed E-state index contributed by atoms with van der Waals surface area (Å²) in [5, 5.41) is 4.39. The first-order chi connectivity index (χ1) is 10.8. The SMILES string of the molecule is Cc1cc(N2CCN(c3ncccn3)CC2)n2nccc2n1. The summed E-state index contributed by atoms with van der Waals surface area (Å²) >= 11 is 0. The number of aromatic nitrogens is 5. The second kappa shape index (κ2) is 5.25. The normalized spacial score (nSPS) is 15.5. The third kappa shape index (κ3) is 2.24. The van der Waals surface area contributed by atoms with Gasteiger partial charge in [-0.1, -0.05) is 0 Å². The maximum Gasteiger partial charge on any atom is 0.225 e. The Morgan fingerprint density at radius 3 is 2.45 bits per heavy atom. The molecule has 0 saturated carbocycles. The summed E-state index contributed by atoms with van der Waals surface area (Å²) in [6, 6.07) is 5.87. The van der Waals surface area contributed by atoms with E-state index in [2.05, 4.69) is 35.9 Å². The maximum atomic E-state index is 4.50. The van der Waals surface area contributed by atoms with Gasteiger partial charge in [-0.25, -0.2) is 15.0 Å². The van der Waals surface area contributed by atoms with Crippen LogP contribution in [-0.4, -0.2) is 50.7 Å². The third-order valence-corrected chi connectivity index (χ3v) is 3.91. The average molecular weight is 295 g/mol. The molecular weight excluding hydrogens is 278 g/mol. The highest BCUT2D eigenvalue weighted by Gasteiger charge is 2.21. The van der Waals surface area contributed by atoms with E-state index in [9.17, 15) is 0 Å². The number of nitrogens with zero attached hydrogens (tertiary/aromatic N) is 7. The minimum Gasteiger partial charge on any atom is -0.353 e. The van der Waals surface area contributed by atoms with Crippen LogP contribution in [0.1, 0.15) is 5.69 Å². The Balaban J connectivity index is 1.57. The first-order valence-corrected chi connectivity index (χ1v) is 7.39. The lowest BCUT2D eigenvalue weighted by molar-refractivity contribution is 0.626. The van der Waals surface area contributed by atoms with Gasteiger partial charge in [0.25, 0.3) is 0 Å². The Labute approximate surface area is 128 Å². The molecule has 22 heavy (non-hydrogen) atoms. The molecule has 1 aliphatic heterocycles. The van der Waals surface area contributed by atoms with E-state index in [1.54, 1.807) is 18.6 Å². The fourth-order valence-corrected chi connectivity index (χ4v) is 2.83. The summed E-state index contributed by atoms with van der Waals surface area (Å²) in [5.41, 5.74) is 1.90. The van der Waals surface area contributed by atoms with Gasteiger partial charge in [-0.2, -0.15) is 9.61 Å². The first kappa shape index (κ1) is 13.0. The lowest BCUT2D eigenvalue weighted by Gasteiger charge is -2.35. The van der Waals surface area contributed by atoms with Crippen molar-refractivity contribution in [1.29, 1.82) is 0 Å². The van der Waals surface area contributed by atoms with Crippen LogP contribution in [0.2, 0.25) is 0 Å². The highest BCUT2D eigenvalue weighted by molar-refractivity contribution is 5.51. The largest absolute Gasteiger partial charge is 0.353 e. The zero-order valence-electron chi connectivity index (χ0n) is 12.4. The second-order valence-corrected chi connectivity index (χ2v) is 5.38. The van der Waals surface area contributed by atoms with Crippen LogP contribution in [0.15, 0.2) is 36.8 Å². The van der Waals surface area contributed by atoms with E-state index in [4.69, 9.17) is 0 Å². The second-order valence-electron chi connectivity index (χ2n) is 5.38. The number of anilines is 2. The van der Waals surface area contributed by atoms with Crippen molar-refractivity contribution in [2.24, 2.45) is 0 Å². The quantitative estimate of drug-likeness (QED) is 0.707. The molecule has 0 amide bonds. The molecule has 4 heterocycles. The van der Waals surface area contributed by atoms with E-state index in [0.717, 1.165) is 49.3 Å². The molecule has 7 nitrogen and oxygen atoms in total. The molecule has 0 aromatic carbocycles. The predicted octanol–water partition coefficient (Wildman–Crippen LogP) is 1.15. The Hall–Kier alpha value is -2.70. The number of piperazine rings is 1. The summed E-state index contributed by atoms with van der Waals surface area (Å²) in [6.07, 6.45) is 5.36. The smallest absolute Gasteiger partial charge is 0.225 e. The van der Waals surface area contributed by atoms with Crippen LogP contribution in [0.4, 0.5) is 11.8 Å². The van der Waals surface area contributed by atoms with Crippen LogP contribution in [0, 0.1) is 6.92 Å². The summed E-state index contributed by atoms with van der Waals surface area (Å²) in [4.78, 5) is 17.7. The minimum atomic E-state index is 0.803. The van der Waals surface area contributed by atoms with Crippen molar-refractivity contribution in [2.75, 3.05) is 36.0 Å². The van der Waals surface area contributed by atoms with Gasteiger partial charge in [0.2, 0.25) is 5.95 Å². The van der Waals surface area contributed by atoms with Crippen molar-refractivity contribution in [1.82, 2.24) is 24.6 Å². The molecule has 1 saturated heterocycles. The number of hydrogen-bond donors (Lipinski definition) is 0. The van der Waals surface area contributed by atoms with Gasteiger partial charge in [-0.05, 0) is 13.0 Å². The van der Waals surface area contributed by atoms with E-state index >= 15 is 0 Å². The number of fused-ring (bicyclic) bond motifs is 1. The predicted molar refractivity (Wildman–Crippen MR) is 84.2 cm³/mol. The molecule has 7 heteroatoms. The van der Waals surface area contributed by atoms with Gasteiger partial charge in [0.1, 0.15) is 5.82 Å². The van der Waals surface area contributed by atoms with Crippen molar-refractivity contribution in [3.8, 4) is 0 Å². The fraction of sp³-hybridized carbons (Fsp3) is 0.333. The average Bonchev–Trinajstić information content (AvgIpc) is 3.03. The molecule has 1 aliphatic rings. The highest BCUT2D eigenvalue weighted by atomic mass is 15.4. The van der Waals surface area contributed by atoms with Gasteiger partial charge >= 0.3 is 0 Å². The molecule has 3 aromatic rings. The lowest BCUT2D eigenvalue weighted by Crippen LogP contribution is -2.47. The molecule has 0 spiro atoms. The molecule has 3 aromatic heterocycles. The molecule has 112 valence electrons. The number of hydrogen-bond acceptors (Lipinski definition) is 6. The summed E-state index contributed by atoms with van der Waals surface area (Å²) in [7, 11) is 0. The van der Waals surface area contributed by atoms with Crippen molar-refractivity contribution in [3.05, 3.63) is 42.5 Å². The van der Waals surface area contributed by atoms with Gasteiger partial charge < -0.3 is 9.80 Å². The van der Waals surface area contributed by atoms with Crippen molar-refractivity contribution >= 4 is 17.4 Å². The van der Waals surface area contributed by atoms with Gasteiger partial charge in [0, 0.05) is 56.4 Å². The van der Waals surface area contributed by atoms with Crippen LogP contribution in [0.25, 0.3) is 5.65 Å². The van der Waals surface area contributed by atoms with Crippen LogP contribution in [-0.2, 0) is 0 Å². The molecule has 0 bridgehead atoms. The molecule has 0 unspecified atom stereocenters. The Morgan fingerprint density at radius 2 is 1.68 bits per heavy atom. The minimum absolute atomic E-state index is 0.803. The summed E-state index contributed by atoms with van der Waals surface area (Å²) in [6.45, 7) is 5.64. The zero-order chi connectivity index (χ0) is 14.9. The maximum absolute atomic E-state index is 4.50. The van der Waals surface area contributed by atoms with Gasteiger partial charge in [0.15, 0.2) is 5.65 Å². The van der Waals surface area contributed by atoms with E-state index < -0.39 is 0 Å². The van der Waals surface area contributed by atoms with E-state index in [0.29, 0.717) is 0 Å². The molecule has 0 atom stereocenters. The van der Waals surface area contributed by atoms with Crippen molar-refractivity contribution in [2.45, 2.75) is 6.92 Å². The standard InChI is InChI=1S/C15H17N7/c1-12-11-14(22-13(19-12)3-6-18-22)20-7-9-21(10-8-20)15-16-4-2-5-17-15/h2-6,11H,7-10H2,1H3. The van der Waals surface area contributed by atoms with Crippen molar-refractivity contribution in [3.63, 3.8) is 0 Å². The molecular formula is C15H17N7. The number of aryl methyl sites for hydroxylation is 1. The molecule has 0 aliphatic carbocycles. The zero-order valence-corrected chi connectivity index (χ0v) is 12.4. The lowest BCUT2D eigenvalue weighted by atomic mass is 10.3. The van der Waals surface area contributed by atoms with E-state index in [-0.39, 0.29) is 0 Å². The molecule has 4 rings (SSSR count). The molecule has 1 fully saturated rings.